The van der Waals surface area contributed by atoms with E-state index in [1.807, 2.05) is 0 Å². The van der Waals surface area contributed by atoms with E-state index in [-0.39, 0.29) is 0 Å². The molecule has 1 fully saturated rings. The van der Waals surface area contributed by atoms with E-state index in [0.717, 1.165) is 18.4 Å². The smallest absolute Gasteiger partial charge is 0.0353 e. The summed E-state index contributed by atoms with van der Waals surface area (Å²) in [5.74, 6) is 1.70. The van der Waals surface area contributed by atoms with E-state index in [1.165, 1.54) is 36.0 Å². The molecule has 0 spiro atoms. The Morgan fingerprint density at radius 2 is 1.74 bits per heavy atom. The number of hydrogen-bond donors (Lipinski definition) is 1. The molecule has 0 aromatic heterocycles. The van der Waals surface area contributed by atoms with Crippen LogP contribution in [0.5, 0.6) is 0 Å². The number of hydrogen-bond acceptors (Lipinski definition) is 1. The van der Waals surface area contributed by atoms with Gasteiger partial charge in [0.2, 0.25) is 0 Å². The number of aryl methyl sites for hydroxylation is 3. The van der Waals surface area contributed by atoms with Crippen LogP contribution in [0.15, 0.2) is 12.1 Å². The lowest BCUT2D eigenvalue weighted by molar-refractivity contribution is 0.347. The number of rotatable bonds is 6. The molecule has 0 bridgehead atoms. The first-order valence-corrected chi connectivity index (χ1v) is 7.85. The van der Waals surface area contributed by atoms with Crippen molar-refractivity contribution in [3.63, 3.8) is 0 Å². The molecule has 2 rings (SSSR count). The maximum Gasteiger partial charge on any atom is 0.0353 e. The summed E-state index contributed by atoms with van der Waals surface area (Å²) in [6.07, 6.45) is 4.06. The highest BCUT2D eigenvalue weighted by Crippen LogP contribution is 2.43. The number of benzene rings is 1. The van der Waals surface area contributed by atoms with E-state index in [9.17, 15) is 0 Å². The zero-order valence-electron chi connectivity index (χ0n) is 13.2. The summed E-state index contributed by atoms with van der Waals surface area (Å²) in [7, 11) is 0. The molecule has 106 valence electrons. The van der Waals surface area contributed by atoms with Crippen molar-refractivity contribution in [1.29, 1.82) is 0 Å². The molecule has 0 saturated heterocycles. The fourth-order valence-corrected chi connectivity index (χ4v) is 3.43. The standard InChI is InChI=1S/C18H29N/c1-6-9-19-18(15(5)16-7-8-16)17-13(3)10-12(2)11-14(17)4/h10-11,15-16,18-19H,6-9H2,1-5H3. The summed E-state index contributed by atoms with van der Waals surface area (Å²) >= 11 is 0. The van der Waals surface area contributed by atoms with Crippen molar-refractivity contribution < 1.29 is 0 Å². The first kappa shape index (κ1) is 14.6. The zero-order chi connectivity index (χ0) is 14.0. The van der Waals surface area contributed by atoms with Gasteiger partial charge >= 0.3 is 0 Å². The predicted molar refractivity (Wildman–Crippen MR) is 83.6 cm³/mol. The van der Waals surface area contributed by atoms with Crippen LogP contribution in [-0.2, 0) is 0 Å². The Morgan fingerprint density at radius 3 is 2.21 bits per heavy atom. The van der Waals surface area contributed by atoms with Crippen LogP contribution in [-0.4, -0.2) is 6.54 Å². The molecule has 2 atom stereocenters. The topological polar surface area (TPSA) is 12.0 Å². The Kier molecular flexibility index (Phi) is 4.67. The average molecular weight is 259 g/mol. The highest BCUT2D eigenvalue weighted by Gasteiger charge is 2.34. The SMILES string of the molecule is CCCNC(c1c(C)cc(C)cc1C)C(C)C1CC1. The molecule has 0 radical (unpaired) electrons. The molecule has 1 heteroatoms. The van der Waals surface area contributed by atoms with Crippen molar-refractivity contribution in [2.24, 2.45) is 11.8 Å². The van der Waals surface area contributed by atoms with E-state index < -0.39 is 0 Å². The van der Waals surface area contributed by atoms with Crippen LogP contribution in [0.25, 0.3) is 0 Å². The van der Waals surface area contributed by atoms with Crippen LogP contribution in [0.2, 0.25) is 0 Å². The molecule has 1 saturated carbocycles. The fourth-order valence-electron chi connectivity index (χ4n) is 3.43. The lowest BCUT2D eigenvalue weighted by atomic mass is 9.85. The van der Waals surface area contributed by atoms with Gasteiger partial charge in [-0.2, -0.15) is 0 Å². The second-order valence-electron chi connectivity index (χ2n) is 6.44. The van der Waals surface area contributed by atoms with Crippen LogP contribution in [0.3, 0.4) is 0 Å². The van der Waals surface area contributed by atoms with Gasteiger partial charge in [-0.15, -0.1) is 0 Å². The minimum atomic E-state index is 0.535. The Bertz CT molecular complexity index is 408. The summed E-state index contributed by atoms with van der Waals surface area (Å²) in [5.41, 5.74) is 5.85. The van der Waals surface area contributed by atoms with Crippen molar-refractivity contribution in [1.82, 2.24) is 5.32 Å². The van der Waals surface area contributed by atoms with Crippen LogP contribution in [0, 0.1) is 32.6 Å². The quantitative estimate of drug-likeness (QED) is 0.781. The fraction of sp³-hybridized carbons (Fsp3) is 0.667. The first-order chi connectivity index (χ1) is 9.04. The van der Waals surface area contributed by atoms with Crippen LogP contribution in [0.4, 0.5) is 0 Å². The molecule has 1 aliphatic rings. The molecule has 1 N–H and O–H groups in total. The van der Waals surface area contributed by atoms with Crippen LogP contribution < -0.4 is 5.32 Å². The predicted octanol–water partition coefficient (Wildman–Crippen LogP) is 4.70. The van der Waals surface area contributed by atoms with Crippen molar-refractivity contribution >= 4 is 0 Å². The maximum absolute atomic E-state index is 3.81. The van der Waals surface area contributed by atoms with Gasteiger partial charge < -0.3 is 5.32 Å². The van der Waals surface area contributed by atoms with Gasteiger partial charge in [0.25, 0.3) is 0 Å². The summed E-state index contributed by atoms with van der Waals surface area (Å²) in [4.78, 5) is 0. The second kappa shape index (κ2) is 6.09. The minimum Gasteiger partial charge on any atom is -0.310 e. The Hall–Kier alpha value is -0.820. The summed E-state index contributed by atoms with van der Waals surface area (Å²) < 4.78 is 0. The normalized spacial score (nSPS) is 18.4. The van der Waals surface area contributed by atoms with Gasteiger partial charge in [0.15, 0.2) is 0 Å². The van der Waals surface area contributed by atoms with E-state index in [0.29, 0.717) is 6.04 Å². The third-order valence-electron chi connectivity index (χ3n) is 4.55. The van der Waals surface area contributed by atoms with Gasteiger partial charge in [0, 0.05) is 6.04 Å². The van der Waals surface area contributed by atoms with Crippen molar-refractivity contribution in [3.8, 4) is 0 Å². The lowest BCUT2D eigenvalue weighted by Gasteiger charge is -2.29. The first-order valence-electron chi connectivity index (χ1n) is 7.85. The minimum absolute atomic E-state index is 0.535. The van der Waals surface area contributed by atoms with E-state index in [4.69, 9.17) is 0 Å². The summed E-state index contributed by atoms with van der Waals surface area (Å²) in [6.45, 7) is 12.5. The molecule has 0 aliphatic heterocycles. The Morgan fingerprint density at radius 1 is 1.16 bits per heavy atom. The Labute approximate surface area is 118 Å². The molecule has 1 nitrogen and oxygen atoms in total. The second-order valence-corrected chi connectivity index (χ2v) is 6.44. The molecule has 0 heterocycles. The lowest BCUT2D eigenvalue weighted by Crippen LogP contribution is -2.30. The van der Waals surface area contributed by atoms with Crippen molar-refractivity contribution in [3.05, 3.63) is 34.4 Å². The van der Waals surface area contributed by atoms with Gasteiger partial charge in [0.1, 0.15) is 0 Å². The van der Waals surface area contributed by atoms with E-state index >= 15 is 0 Å². The number of nitrogens with one attached hydrogen (secondary N) is 1. The van der Waals surface area contributed by atoms with E-state index in [1.54, 1.807) is 5.56 Å². The van der Waals surface area contributed by atoms with Crippen molar-refractivity contribution in [2.75, 3.05) is 6.54 Å². The third-order valence-corrected chi connectivity index (χ3v) is 4.55. The highest BCUT2D eigenvalue weighted by atomic mass is 14.9. The molecule has 1 aromatic carbocycles. The van der Waals surface area contributed by atoms with Crippen LogP contribution in [0.1, 0.15) is 61.4 Å². The Balaban J connectivity index is 2.31. The summed E-state index contributed by atoms with van der Waals surface area (Å²) in [6, 6.07) is 5.21. The molecule has 19 heavy (non-hydrogen) atoms. The largest absolute Gasteiger partial charge is 0.310 e. The van der Waals surface area contributed by atoms with Gasteiger partial charge in [0.05, 0.1) is 0 Å². The van der Waals surface area contributed by atoms with E-state index in [2.05, 4.69) is 52.1 Å². The average Bonchev–Trinajstić information content (AvgIpc) is 3.15. The van der Waals surface area contributed by atoms with Gasteiger partial charge in [-0.3, -0.25) is 0 Å². The van der Waals surface area contributed by atoms with Gasteiger partial charge in [-0.25, -0.2) is 0 Å². The van der Waals surface area contributed by atoms with Gasteiger partial charge in [-0.05, 0) is 75.1 Å². The monoisotopic (exact) mass is 259 g/mol. The molecular formula is C18H29N. The van der Waals surface area contributed by atoms with Gasteiger partial charge in [-0.1, -0.05) is 31.5 Å². The highest BCUT2D eigenvalue weighted by molar-refractivity contribution is 5.40. The van der Waals surface area contributed by atoms with Crippen LogP contribution >= 0.6 is 0 Å². The van der Waals surface area contributed by atoms with Crippen molar-refractivity contribution in [2.45, 2.75) is 59.9 Å². The maximum atomic E-state index is 3.81. The molecular weight excluding hydrogens is 230 g/mol. The summed E-state index contributed by atoms with van der Waals surface area (Å²) in [5, 5.41) is 3.81. The molecule has 1 aliphatic carbocycles. The third kappa shape index (κ3) is 3.39. The zero-order valence-corrected chi connectivity index (χ0v) is 13.2. The molecule has 0 amide bonds. The molecule has 1 aromatic rings. The molecule has 2 unspecified atom stereocenters.